The molecule has 2 aromatic carbocycles. The Morgan fingerprint density at radius 1 is 1.10 bits per heavy atom. The number of para-hydroxylation sites is 1. The second kappa shape index (κ2) is 12.4. The minimum Gasteiger partial charge on any atom is -0.494 e. The summed E-state index contributed by atoms with van der Waals surface area (Å²) in [5, 5.41) is 10.7. The summed E-state index contributed by atoms with van der Waals surface area (Å²) >= 11 is 6.01. The van der Waals surface area contributed by atoms with E-state index in [1.54, 1.807) is 24.3 Å². The number of aromatic hydroxyl groups is 1. The largest absolute Gasteiger partial charge is 0.494 e. The van der Waals surface area contributed by atoms with Gasteiger partial charge in [-0.05, 0) is 30.7 Å². The molecule has 39 heavy (non-hydrogen) atoms. The third kappa shape index (κ3) is 5.80. The molecule has 3 aromatic rings. The minimum absolute atomic E-state index is 0.0949. The molecule has 4 rings (SSSR count). The molecular formula is C28H31ClFN3O6. The van der Waals surface area contributed by atoms with Gasteiger partial charge in [0.1, 0.15) is 45.7 Å². The van der Waals surface area contributed by atoms with Crippen LogP contribution in [0.1, 0.15) is 48.8 Å². The summed E-state index contributed by atoms with van der Waals surface area (Å²) in [4.78, 5) is 33.2. The van der Waals surface area contributed by atoms with Crippen molar-refractivity contribution in [1.29, 1.82) is 0 Å². The smallest absolute Gasteiger partial charge is 0.275 e. The first-order valence-electron chi connectivity index (χ1n) is 12.8. The predicted octanol–water partition coefficient (Wildman–Crippen LogP) is 4.77. The van der Waals surface area contributed by atoms with E-state index in [4.69, 9.17) is 25.8 Å². The van der Waals surface area contributed by atoms with Crippen molar-refractivity contribution in [2.24, 2.45) is 0 Å². The number of carbonyl (C=O) groups is 1. The maximum atomic E-state index is 13.9. The Hall–Kier alpha value is -3.79. The predicted molar refractivity (Wildman–Crippen MR) is 144 cm³/mol. The molecule has 0 radical (unpaired) electrons. The number of nitrogens with zero attached hydrogens (tertiary/aromatic N) is 3. The highest BCUT2D eigenvalue weighted by atomic mass is 35.5. The number of likely N-dealkylation sites (tertiary alicyclic amines) is 1. The van der Waals surface area contributed by atoms with Crippen molar-refractivity contribution >= 4 is 17.5 Å². The van der Waals surface area contributed by atoms with Crippen LogP contribution < -0.4 is 19.8 Å². The molecule has 0 bridgehead atoms. The number of halogens is 2. The second-order valence-electron chi connectivity index (χ2n) is 9.14. The maximum Gasteiger partial charge on any atom is 0.275 e. The first-order chi connectivity index (χ1) is 18.8. The monoisotopic (exact) mass is 559 g/mol. The van der Waals surface area contributed by atoms with Gasteiger partial charge in [-0.15, -0.1) is 0 Å². The van der Waals surface area contributed by atoms with E-state index in [1.165, 1.54) is 35.8 Å². The van der Waals surface area contributed by atoms with Gasteiger partial charge in [-0.3, -0.25) is 14.2 Å². The van der Waals surface area contributed by atoms with E-state index in [9.17, 15) is 19.1 Å². The van der Waals surface area contributed by atoms with Crippen molar-refractivity contribution in [3.63, 3.8) is 0 Å². The fraction of sp³-hybridized carbons (Fsp3) is 0.393. The number of aromatic nitrogens is 2. The van der Waals surface area contributed by atoms with Gasteiger partial charge in [0.2, 0.25) is 5.88 Å². The zero-order valence-corrected chi connectivity index (χ0v) is 22.8. The Morgan fingerprint density at radius 2 is 1.72 bits per heavy atom. The number of methoxy groups -OCH3 is 2. The Bertz CT molecular complexity index is 1380. The number of rotatable bonds is 9. The fourth-order valence-electron chi connectivity index (χ4n) is 4.61. The third-order valence-corrected chi connectivity index (χ3v) is 7.03. The number of unbranched alkanes of at least 4 members (excludes halogenated alkanes) is 1. The number of hydrogen-bond donors (Lipinski definition) is 1. The van der Waals surface area contributed by atoms with E-state index in [2.05, 4.69) is 4.98 Å². The number of piperidine rings is 1. The molecule has 208 valence electrons. The van der Waals surface area contributed by atoms with Crippen molar-refractivity contribution in [3.05, 3.63) is 69.0 Å². The van der Waals surface area contributed by atoms with Gasteiger partial charge < -0.3 is 24.2 Å². The van der Waals surface area contributed by atoms with E-state index < -0.39 is 28.7 Å². The number of amides is 1. The van der Waals surface area contributed by atoms with Gasteiger partial charge in [-0.1, -0.05) is 37.1 Å². The van der Waals surface area contributed by atoms with Crippen LogP contribution in [-0.4, -0.2) is 58.9 Å². The van der Waals surface area contributed by atoms with Crippen molar-refractivity contribution in [2.45, 2.75) is 45.1 Å². The van der Waals surface area contributed by atoms with Crippen LogP contribution in [0.5, 0.6) is 23.1 Å². The lowest BCUT2D eigenvalue weighted by Gasteiger charge is -2.32. The summed E-state index contributed by atoms with van der Waals surface area (Å²) in [6.45, 7) is 2.51. The molecule has 0 unspecified atom stereocenters. The molecule has 9 nitrogen and oxygen atoms in total. The van der Waals surface area contributed by atoms with Crippen LogP contribution in [0.25, 0.3) is 5.69 Å². The van der Waals surface area contributed by atoms with E-state index in [-0.39, 0.29) is 35.8 Å². The lowest BCUT2D eigenvalue weighted by Crippen LogP contribution is -2.44. The highest BCUT2D eigenvalue weighted by Gasteiger charge is 2.32. The third-order valence-electron chi connectivity index (χ3n) is 6.67. The molecule has 1 saturated heterocycles. The van der Waals surface area contributed by atoms with Crippen LogP contribution in [0.2, 0.25) is 5.02 Å². The van der Waals surface area contributed by atoms with E-state index in [0.717, 1.165) is 6.42 Å². The van der Waals surface area contributed by atoms with Crippen LogP contribution in [0.15, 0.2) is 41.2 Å². The molecule has 1 amide bonds. The van der Waals surface area contributed by atoms with Gasteiger partial charge in [0, 0.05) is 32.4 Å². The van der Waals surface area contributed by atoms with Crippen molar-refractivity contribution < 1.29 is 28.5 Å². The van der Waals surface area contributed by atoms with Crippen LogP contribution in [0.3, 0.4) is 0 Å². The SMILES string of the molecule is CCCCc1nc(O)c(C(=O)N2CCC(Oc3cccc(F)c3Cl)CC2)c(=O)n1-c1c(OC)cccc1OC. The number of ether oxygens (including phenoxy) is 3. The van der Waals surface area contributed by atoms with E-state index >= 15 is 0 Å². The van der Waals surface area contributed by atoms with Crippen molar-refractivity contribution in [3.8, 4) is 28.8 Å². The number of hydrogen-bond acceptors (Lipinski definition) is 7. The number of carbonyl (C=O) groups excluding carboxylic acids is 1. The van der Waals surface area contributed by atoms with Crippen LogP contribution in [-0.2, 0) is 6.42 Å². The van der Waals surface area contributed by atoms with Crippen molar-refractivity contribution in [2.75, 3.05) is 27.3 Å². The lowest BCUT2D eigenvalue weighted by atomic mass is 10.1. The van der Waals surface area contributed by atoms with Gasteiger partial charge in [-0.2, -0.15) is 4.98 Å². The molecular weight excluding hydrogens is 529 g/mol. The van der Waals surface area contributed by atoms with Gasteiger partial charge in [0.25, 0.3) is 11.5 Å². The molecule has 1 aliphatic heterocycles. The number of aryl methyl sites for hydroxylation is 1. The quantitative estimate of drug-likeness (QED) is 0.402. The Balaban J connectivity index is 1.66. The highest BCUT2D eigenvalue weighted by Crippen LogP contribution is 2.34. The zero-order chi connectivity index (χ0) is 28.1. The number of benzene rings is 2. The van der Waals surface area contributed by atoms with Gasteiger partial charge in [0.15, 0.2) is 5.56 Å². The molecule has 1 aromatic heterocycles. The van der Waals surface area contributed by atoms with E-state index in [1.807, 2.05) is 6.92 Å². The standard InChI is InChI=1S/C28H31ClFN3O6/c1-4-5-12-22-31-26(34)23(28(36)33(22)25-20(37-2)10-7-11-21(25)38-3)27(35)32-15-13-17(14-16-32)39-19-9-6-8-18(30)24(19)29/h6-11,17,34H,4-5,12-16H2,1-3H3. The molecule has 2 heterocycles. The normalized spacial score (nSPS) is 13.8. The summed E-state index contributed by atoms with van der Waals surface area (Å²) in [5.41, 5.74) is -0.846. The molecule has 1 N–H and O–H groups in total. The summed E-state index contributed by atoms with van der Waals surface area (Å²) < 4.78 is 31.9. The van der Waals surface area contributed by atoms with Crippen molar-refractivity contribution in [1.82, 2.24) is 14.5 Å². The first-order valence-corrected chi connectivity index (χ1v) is 13.1. The second-order valence-corrected chi connectivity index (χ2v) is 9.52. The average Bonchev–Trinajstić information content (AvgIpc) is 2.94. The molecule has 11 heteroatoms. The van der Waals surface area contributed by atoms with E-state index in [0.29, 0.717) is 42.9 Å². The summed E-state index contributed by atoms with van der Waals surface area (Å²) in [6, 6.07) is 9.42. The Labute approximate surface area is 230 Å². The van der Waals surface area contributed by atoms with Gasteiger partial charge in [-0.25, -0.2) is 4.39 Å². The summed E-state index contributed by atoms with van der Waals surface area (Å²) in [6.07, 6.45) is 2.48. The van der Waals surface area contributed by atoms with Crippen LogP contribution in [0, 0.1) is 5.82 Å². The average molecular weight is 560 g/mol. The Morgan fingerprint density at radius 3 is 2.33 bits per heavy atom. The minimum atomic E-state index is -0.716. The molecule has 1 aliphatic rings. The maximum absolute atomic E-state index is 13.9. The van der Waals surface area contributed by atoms with Gasteiger partial charge >= 0.3 is 0 Å². The Kier molecular flexibility index (Phi) is 8.96. The van der Waals surface area contributed by atoms with Crippen LogP contribution >= 0.6 is 11.6 Å². The lowest BCUT2D eigenvalue weighted by molar-refractivity contribution is 0.0589. The first kappa shape index (κ1) is 28.2. The molecule has 1 fully saturated rings. The topological polar surface area (TPSA) is 103 Å². The van der Waals surface area contributed by atoms with Crippen LogP contribution in [0.4, 0.5) is 4.39 Å². The fourth-order valence-corrected chi connectivity index (χ4v) is 4.79. The molecule has 0 atom stereocenters. The zero-order valence-electron chi connectivity index (χ0n) is 22.1. The summed E-state index contributed by atoms with van der Waals surface area (Å²) in [5.74, 6) is -0.598. The molecule has 0 spiro atoms. The highest BCUT2D eigenvalue weighted by molar-refractivity contribution is 6.32. The van der Waals surface area contributed by atoms with Gasteiger partial charge in [0.05, 0.1) is 14.2 Å². The summed E-state index contributed by atoms with van der Waals surface area (Å²) in [7, 11) is 2.94. The molecule has 0 saturated carbocycles. The molecule has 0 aliphatic carbocycles.